The first-order valence-corrected chi connectivity index (χ1v) is 7.72. The molecule has 0 radical (unpaired) electrons. The summed E-state index contributed by atoms with van der Waals surface area (Å²) in [6, 6.07) is 9.77. The van der Waals surface area contributed by atoms with E-state index in [1.54, 1.807) is 18.2 Å². The summed E-state index contributed by atoms with van der Waals surface area (Å²) in [6.45, 7) is 0.229. The number of carbonyl (C=O) groups excluding carboxylic acids is 1. The van der Waals surface area contributed by atoms with Gasteiger partial charge in [0, 0.05) is 12.2 Å². The van der Waals surface area contributed by atoms with Crippen LogP contribution < -0.4 is 20.1 Å². The van der Waals surface area contributed by atoms with Crippen LogP contribution in [0.1, 0.15) is 11.1 Å². The summed E-state index contributed by atoms with van der Waals surface area (Å²) < 4.78 is 47.8. The summed E-state index contributed by atoms with van der Waals surface area (Å²) in [6.07, 6.45) is -4.38. The van der Waals surface area contributed by atoms with Gasteiger partial charge in [0.1, 0.15) is 0 Å². The van der Waals surface area contributed by atoms with Gasteiger partial charge < -0.3 is 20.1 Å². The first-order chi connectivity index (χ1) is 12.3. The number of methoxy groups -OCH3 is 2. The fourth-order valence-corrected chi connectivity index (χ4v) is 2.21. The van der Waals surface area contributed by atoms with Crippen LogP contribution in [0.4, 0.5) is 18.9 Å². The van der Waals surface area contributed by atoms with Crippen LogP contribution in [0.5, 0.6) is 11.5 Å². The van der Waals surface area contributed by atoms with Crippen molar-refractivity contribution in [3.05, 3.63) is 53.6 Å². The lowest BCUT2D eigenvalue weighted by Gasteiger charge is -2.11. The van der Waals surface area contributed by atoms with E-state index in [0.717, 1.165) is 17.7 Å². The molecule has 0 spiro atoms. The van der Waals surface area contributed by atoms with Crippen molar-refractivity contribution in [3.63, 3.8) is 0 Å². The van der Waals surface area contributed by atoms with Crippen molar-refractivity contribution in [2.75, 3.05) is 26.1 Å². The zero-order valence-electron chi connectivity index (χ0n) is 14.3. The number of amides is 1. The largest absolute Gasteiger partial charge is 0.493 e. The van der Waals surface area contributed by atoms with Crippen LogP contribution in [-0.2, 0) is 17.5 Å². The van der Waals surface area contributed by atoms with Crippen molar-refractivity contribution in [1.29, 1.82) is 0 Å². The zero-order valence-corrected chi connectivity index (χ0v) is 14.3. The number of benzene rings is 2. The number of ether oxygens (including phenoxy) is 2. The van der Waals surface area contributed by atoms with Crippen LogP contribution in [0.15, 0.2) is 42.5 Å². The first kappa shape index (κ1) is 19.4. The second-order valence-electron chi connectivity index (χ2n) is 5.39. The Kier molecular flexibility index (Phi) is 6.32. The van der Waals surface area contributed by atoms with Crippen LogP contribution in [0.2, 0.25) is 0 Å². The van der Waals surface area contributed by atoms with Crippen LogP contribution in [0, 0.1) is 0 Å². The highest BCUT2D eigenvalue weighted by molar-refractivity contribution is 5.80. The third-order valence-corrected chi connectivity index (χ3v) is 3.60. The molecule has 0 bridgehead atoms. The van der Waals surface area contributed by atoms with Gasteiger partial charge in [0.15, 0.2) is 11.5 Å². The Morgan fingerprint density at radius 2 is 1.65 bits per heavy atom. The highest BCUT2D eigenvalue weighted by Crippen LogP contribution is 2.30. The van der Waals surface area contributed by atoms with Crippen molar-refractivity contribution >= 4 is 11.6 Å². The molecule has 0 aliphatic heterocycles. The first-order valence-electron chi connectivity index (χ1n) is 7.72. The summed E-state index contributed by atoms with van der Waals surface area (Å²) in [7, 11) is 3.06. The maximum atomic E-state index is 12.5. The van der Waals surface area contributed by atoms with E-state index in [1.807, 2.05) is 0 Å². The molecule has 0 saturated heterocycles. The molecule has 0 unspecified atom stereocenters. The Hall–Kier alpha value is -2.90. The van der Waals surface area contributed by atoms with Gasteiger partial charge >= 0.3 is 6.18 Å². The minimum absolute atomic E-state index is 0.0569. The number of alkyl halides is 3. The molecule has 0 saturated carbocycles. The van der Waals surface area contributed by atoms with Gasteiger partial charge in [0.05, 0.1) is 26.3 Å². The average molecular weight is 368 g/mol. The van der Waals surface area contributed by atoms with E-state index >= 15 is 0 Å². The number of carbonyl (C=O) groups is 1. The SMILES string of the molecule is COc1ccc(CNC(=O)CNc2ccc(C(F)(F)F)cc2)cc1OC. The van der Waals surface area contributed by atoms with E-state index in [-0.39, 0.29) is 19.0 Å². The normalized spacial score (nSPS) is 11.0. The molecule has 2 aromatic rings. The molecule has 0 aliphatic rings. The van der Waals surface area contributed by atoms with Crippen molar-refractivity contribution in [3.8, 4) is 11.5 Å². The van der Waals surface area contributed by atoms with Crippen LogP contribution in [-0.4, -0.2) is 26.7 Å². The van der Waals surface area contributed by atoms with Crippen LogP contribution >= 0.6 is 0 Å². The molecule has 0 aromatic heterocycles. The van der Waals surface area contributed by atoms with Gasteiger partial charge in [-0.25, -0.2) is 0 Å². The Labute approximate surface area is 149 Å². The third-order valence-electron chi connectivity index (χ3n) is 3.60. The van der Waals surface area contributed by atoms with Gasteiger partial charge in [0.25, 0.3) is 0 Å². The maximum Gasteiger partial charge on any atom is 0.416 e. The van der Waals surface area contributed by atoms with Gasteiger partial charge in [0.2, 0.25) is 5.91 Å². The van der Waals surface area contributed by atoms with Crippen molar-refractivity contribution in [2.24, 2.45) is 0 Å². The van der Waals surface area contributed by atoms with Crippen molar-refractivity contribution in [1.82, 2.24) is 5.32 Å². The van der Waals surface area contributed by atoms with Gasteiger partial charge in [-0.05, 0) is 42.0 Å². The van der Waals surface area contributed by atoms with E-state index in [9.17, 15) is 18.0 Å². The number of anilines is 1. The van der Waals surface area contributed by atoms with Crippen molar-refractivity contribution in [2.45, 2.75) is 12.7 Å². The molecule has 140 valence electrons. The fourth-order valence-electron chi connectivity index (χ4n) is 2.21. The molecule has 5 nitrogen and oxygen atoms in total. The second-order valence-corrected chi connectivity index (χ2v) is 5.39. The highest BCUT2D eigenvalue weighted by Gasteiger charge is 2.29. The lowest BCUT2D eigenvalue weighted by Crippen LogP contribution is -2.29. The van der Waals surface area contributed by atoms with Crippen LogP contribution in [0.25, 0.3) is 0 Å². The van der Waals surface area contributed by atoms with Gasteiger partial charge in [-0.1, -0.05) is 6.07 Å². The monoisotopic (exact) mass is 368 g/mol. The maximum absolute atomic E-state index is 12.5. The van der Waals surface area contributed by atoms with Gasteiger partial charge in [-0.3, -0.25) is 4.79 Å². The fraction of sp³-hybridized carbons (Fsp3) is 0.278. The Morgan fingerprint density at radius 3 is 2.23 bits per heavy atom. The predicted molar refractivity (Wildman–Crippen MR) is 91.3 cm³/mol. The van der Waals surface area contributed by atoms with Crippen LogP contribution in [0.3, 0.4) is 0 Å². The molecule has 0 aliphatic carbocycles. The van der Waals surface area contributed by atoms with E-state index in [4.69, 9.17) is 9.47 Å². The Morgan fingerprint density at radius 1 is 1.00 bits per heavy atom. The average Bonchev–Trinajstić information content (AvgIpc) is 2.64. The van der Waals surface area contributed by atoms with Crippen molar-refractivity contribution < 1.29 is 27.4 Å². The predicted octanol–water partition coefficient (Wildman–Crippen LogP) is 3.45. The molecular weight excluding hydrogens is 349 g/mol. The molecule has 1 amide bonds. The summed E-state index contributed by atoms with van der Waals surface area (Å²) in [5.41, 5.74) is 0.519. The summed E-state index contributed by atoms with van der Waals surface area (Å²) in [5.74, 6) is 0.855. The molecular formula is C18H19F3N2O3. The summed E-state index contributed by atoms with van der Waals surface area (Å²) in [4.78, 5) is 11.9. The molecule has 0 fully saturated rings. The number of hydrogen-bond acceptors (Lipinski definition) is 4. The molecule has 8 heteroatoms. The minimum Gasteiger partial charge on any atom is -0.493 e. The number of nitrogens with one attached hydrogen (secondary N) is 2. The molecule has 2 aromatic carbocycles. The highest BCUT2D eigenvalue weighted by atomic mass is 19.4. The smallest absolute Gasteiger partial charge is 0.416 e. The van der Waals surface area contributed by atoms with E-state index in [0.29, 0.717) is 17.2 Å². The van der Waals surface area contributed by atoms with Gasteiger partial charge in [-0.2, -0.15) is 13.2 Å². The molecule has 26 heavy (non-hydrogen) atoms. The van der Waals surface area contributed by atoms with E-state index in [2.05, 4.69) is 10.6 Å². The number of hydrogen-bond donors (Lipinski definition) is 2. The molecule has 0 atom stereocenters. The lowest BCUT2D eigenvalue weighted by molar-refractivity contribution is -0.137. The zero-order chi connectivity index (χ0) is 19.2. The molecule has 2 N–H and O–H groups in total. The number of halogens is 3. The lowest BCUT2D eigenvalue weighted by atomic mass is 10.2. The van der Waals surface area contributed by atoms with Gasteiger partial charge in [-0.15, -0.1) is 0 Å². The molecule has 0 heterocycles. The molecule has 2 rings (SSSR count). The summed E-state index contributed by atoms with van der Waals surface area (Å²) in [5, 5.41) is 5.49. The second kappa shape index (κ2) is 8.46. The Balaban J connectivity index is 1.84. The van der Waals surface area contributed by atoms with E-state index in [1.165, 1.54) is 26.4 Å². The Bertz CT molecular complexity index is 746. The quantitative estimate of drug-likeness (QED) is 0.786. The standard InChI is InChI=1S/C18H19F3N2O3/c1-25-15-8-3-12(9-16(15)26-2)10-23-17(24)11-22-14-6-4-13(5-7-14)18(19,20)21/h3-9,22H,10-11H2,1-2H3,(H,23,24). The summed E-state index contributed by atoms with van der Waals surface area (Å²) >= 11 is 0. The number of rotatable bonds is 7. The third kappa shape index (κ3) is 5.30. The topological polar surface area (TPSA) is 59.6 Å². The minimum atomic E-state index is -4.38. The van der Waals surface area contributed by atoms with E-state index < -0.39 is 11.7 Å².